The number of aromatic nitrogens is 3. The van der Waals surface area contributed by atoms with Gasteiger partial charge in [0.15, 0.2) is 7.85 Å². The standard InChI is InChI=1S/C5H6BN4O3S.Y/c1-9(2)14(12,13)10-3-7-5(8-10)4(6)11;/h1-2H3;/q-1;+3. The van der Waals surface area contributed by atoms with Gasteiger partial charge in [0, 0.05) is 19.9 Å². The van der Waals surface area contributed by atoms with Crippen LogP contribution in [0, 0.1) is 6.33 Å². The maximum absolute atomic E-state index is 11.4. The van der Waals surface area contributed by atoms with Gasteiger partial charge in [-0.3, -0.25) is 5.10 Å². The third-order valence-electron chi connectivity index (χ3n) is 1.33. The van der Waals surface area contributed by atoms with Gasteiger partial charge in [0.2, 0.25) is 0 Å². The Bertz CT molecular complexity index is 457. The van der Waals surface area contributed by atoms with Crippen molar-refractivity contribution in [2.45, 2.75) is 0 Å². The van der Waals surface area contributed by atoms with Crippen LogP contribution in [0.5, 0.6) is 0 Å². The number of nitrogens with zero attached hydrogens (tertiary/aromatic N) is 4. The maximum atomic E-state index is 11.4. The summed E-state index contributed by atoms with van der Waals surface area (Å²) in [4.78, 5) is 13.9. The van der Waals surface area contributed by atoms with Gasteiger partial charge in [-0.25, -0.2) is 4.09 Å². The molecule has 0 amide bonds. The van der Waals surface area contributed by atoms with Gasteiger partial charge < -0.3 is 9.78 Å². The van der Waals surface area contributed by atoms with Gasteiger partial charge in [-0.2, -0.15) is 12.7 Å². The van der Waals surface area contributed by atoms with E-state index in [4.69, 9.17) is 7.85 Å². The molecule has 0 aliphatic heterocycles. The predicted molar refractivity (Wildman–Crippen MR) is 46.9 cm³/mol. The molecule has 0 bridgehead atoms. The minimum Gasteiger partial charge on any atom is -0.411 e. The molecule has 0 fully saturated rings. The second-order valence-corrected chi connectivity index (χ2v) is 4.50. The molecule has 0 saturated heterocycles. The van der Waals surface area contributed by atoms with Crippen molar-refractivity contribution in [2.75, 3.05) is 14.1 Å². The van der Waals surface area contributed by atoms with Crippen LogP contribution in [0.15, 0.2) is 0 Å². The Labute approximate surface area is 114 Å². The van der Waals surface area contributed by atoms with Gasteiger partial charge in [-0.05, 0) is 6.33 Å². The first-order valence-electron chi connectivity index (χ1n) is 3.43. The van der Waals surface area contributed by atoms with E-state index in [1.165, 1.54) is 14.1 Å². The molecule has 1 rings (SSSR count). The summed E-state index contributed by atoms with van der Waals surface area (Å²) >= 11 is 0. The minimum absolute atomic E-state index is 0. The molecule has 10 heteroatoms. The monoisotopic (exact) mass is 302 g/mol. The molecule has 1 aromatic rings. The summed E-state index contributed by atoms with van der Waals surface area (Å²) in [6.45, 7) is 0. The smallest absolute Gasteiger partial charge is 0.411 e. The molecule has 0 aliphatic rings. The van der Waals surface area contributed by atoms with E-state index >= 15 is 0 Å². The van der Waals surface area contributed by atoms with Gasteiger partial charge in [0.05, 0.1) is 5.68 Å². The van der Waals surface area contributed by atoms with Crippen LogP contribution in [0.2, 0.25) is 0 Å². The Kier molecular flexibility index (Phi) is 5.25. The quantitative estimate of drug-likeness (QED) is 0.478. The maximum Gasteiger partial charge on any atom is 3.00 e. The number of carbonyl (C=O) groups is 1. The Hall–Kier alpha value is -0.111. The fourth-order valence-electron chi connectivity index (χ4n) is 0.583. The fourth-order valence-corrected chi connectivity index (χ4v) is 1.22. The molecule has 0 unspecified atom stereocenters. The van der Waals surface area contributed by atoms with Crippen molar-refractivity contribution in [3.63, 3.8) is 0 Å². The summed E-state index contributed by atoms with van der Waals surface area (Å²) in [5, 5.41) is 3.35. The van der Waals surface area contributed by atoms with E-state index in [0.29, 0.717) is 4.09 Å². The Balaban J connectivity index is 0.00000196. The fraction of sp³-hybridized carbons (Fsp3) is 0.400. The van der Waals surface area contributed by atoms with E-state index < -0.39 is 21.7 Å². The van der Waals surface area contributed by atoms with E-state index in [2.05, 4.69) is 10.1 Å². The van der Waals surface area contributed by atoms with Crippen LogP contribution in [-0.4, -0.2) is 54.5 Å². The molecule has 15 heavy (non-hydrogen) atoms. The Morgan fingerprint density at radius 3 is 2.40 bits per heavy atom. The van der Waals surface area contributed by atoms with Crippen LogP contribution in [0.1, 0.15) is 10.6 Å². The van der Waals surface area contributed by atoms with Crippen LogP contribution in [0.4, 0.5) is 0 Å². The number of carbonyl (C=O) groups excluding carboxylic acids is 1. The minimum atomic E-state index is -3.78. The van der Waals surface area contributed by atoms with Crippen LogP contribution >= 0.6 is 0 Å². The normalized spacial score (nSPS) is 11.1. The van der Waals surface area contributed by atoms with Crippen molar-refractivity contribution < 1.29 is 45.9 Å². The van der Waals surface area contributed by atoms with Crippen molar-refractivity contribution >= 4 is 23.7 Å². The summed E-state index contributed by atoms with van der Waals surface area (Å²) in [7, 11) is 3.69. The average Bonchev–Trinajstić information content (AvgIpc) is 2.51. The van der Waals surface area contributed by atoms with E-state index in [1.54, 1.807) is 0 Å². The third kappa shape index (κ3) is 3.17. The van der Waals surface area contributed by atoms with Crippen molar-refractivity contribution in [2.24, 2.45) is 0 Å². The van der Waals surface area contributed by atoms with E-state index in [-0.39, 0.29) is 32.7 Å². The van der Waals surface area contributed by atoms with Gasteiger partial charge >= 0.3 is 42.9 Å². The second-order valence-electron chi connectivity index (χ2n) is 2.53. The summed E-state index contributed by atoms with van der Waals surface area (Å²) in [6, 6.07) is 0. The van der Waals surface area contributed by atoms with Gasteiger partial charge in [0.25, 0.3) is 0 Å². The zero-order valence-electron chi connectivity index (χ0n) is 8.08. The molecule has 0 saturated carbocycles. The molecule has 0 spiro atoms. The molecule has 74 valence electrons. The van der Waals surface area contributed by atoms with Gasteiger partial charge in [0.1, 0.15) is 0 Å². The van der Waals surface area contributed by atoms with Gasteiger partial charge in [-0.1, -0.05) is 0 Å². The summed E-state index contributed by atoms with van der Waals surface area (Å²) < 4.78 is 24.1. The molecule has 0 atom stereocenters. The first kappa shape index (κ1) is 14.9. The van der Waals surface area contributed by atoms with E-state index in [9.17, 15) is 13.2 Å². The average molecular weight is 302 g/mol. The SMILES string of the molecule is [B]C(=O)c1n[c-]n(S(=O)(=O)N(C)C)n1.[Y+3]. The molecule has 1 aromatic heterocycles. The number of hydrogen-bond acceptors (Lipinski definition) is 5. The van der Waals surface area contributed by atoms with Crippen LogP contribution in [0.3, 0.4) is 0 Å². The summed E-state index contributed by atoms with van der Waals surface area (Å²) in [5.41, 5.74) is -0.908. The van der Waals surface area contributed by atoms with Gasteiger partial charge in [-0.15, -0.1) is 0 Å². The number of rotatable bonds is 3. The largest absolute Gasteiger partial charge is 3.00 e. The zero-order chi connectivity index (χ0) is 10.9. The molecular formula is C5H6BN4O3SY+2. The van der Waals surface area contributed by atoms with Crippen molar-refractivity contribution in [1.29, 1.82) is 0 Å². The van der Waals surface area contributed by atoms with E-state index in [1.807, 2.05) is 6.33 Å². The molecule has 1 heterocycles. The second kappa shape index (κ2) is 5.29. The number of hydrogen-bond donors (Lipinski definition) is 0. The third-order valence-corrected chi connectivity index (χ3v) is 2.85. The Morgan fingerprint density at radius 1 is 1.53 bits per heavy atom. The Morgan fingerprint density at radius 2 is 2.07 bits per heavy atom. The van der Waals surface area contributed by atoms with Crippen LogP contribution in [0.25, 0.3) is 0 Å². The van der Waals surface area contributed by atoms with Crippen LogP contribution in [-0.2, 0) is 42.9 Å². The molecule has 2 radical (unpaired) electrons. The molecule has 0 aromatic carbocycles. The van der Waals surface area contributed by atoms with E-state index in [0.717, 1.165) is 4.31 Å². The first-order chi connectivity index (χ1) is 6.35. The molecule has 0 N–H and O–H groups in total. The van der Waals surface area contributed by atoms with Crippen molar-refractivity contribution in [1.82, 2.24) is 18.5 Å². The molecule has 0 aliphatic carbocycles. The van der Waals surface area contributed by atoms with Crippen LogP contribution < -0.4 is 0 Å². The topological polar surface area (TPSA) is 85.2 Å². The molecule has 7 nitrogen and oxygen atoms in total. The summed E-state index contributed by atoms with van der Waals surface area (Å²) in [5.74, 6) is -0.393. The predicted octanol–water partition coefficient (Wildman–Crippen LogP) is -1.96. The molecular weight excluding hydrogens is 296 g/mol. The summed E-state index contributed by atoms with van der Waals surface area (Å²) in [6.07, 6.45) is 2.03. The first-order valence-corrected chi connectivity index (χ1v) is 4.83. The zero-order valence-corrected chi connectivity index (χ0v) is 11.7. The van der Waals surface area contributed by atoms with Crippen molar-refractivity contribution in [3.05, 3.63) is 12.2 Å². The van der Waals surface area contributed by atoms with Crippen molar-refractivity contribution in [3.8, 4) is 0 Å².